The fraction of sp³-hybridized carbons (Fsp3) is 1.00. The van der Waals surface area contributed by atoms with Gasteiger partial charge in [-0.2, -0.15) is 0 Å². The van der Waals surface area contributed by atoms with Crippen molar-refractivity contribution < 1.29 is 0 Å². The van der Waals surface area contributed by atoms with Gasteiger partial charge < -0.3 is 10.2 Å². The summed E-state index contributed by atoms with van der Waals surface area (Å²) in [7, 11) is 0. The molecule has 0 aromatic heterocycles. The minimum absolute atomic E-state index is 0.702. The lowest BCUT2D eigenvalue weighted by molar-refractivity contribution is 0.181. The highest BCUT2D eigenvalue weighted by Gasteiger charge is 2.14. The Balaban J connectivity index is 4.00. The van der Waals surface area contributed by atoms with Gasteiger partial charge in [-0.3, -0.25) is 4.90 Å². The van der Waals surface area contributed by atoms with Crippen molar-refractivity contribution in [2.24, 2.45) is 0 Å². The van der Waals surface area contributed by atoms with E-state index in [0.29, 0.717) is 6.04 Å². The molecule has 19 heavy (non-hydrogen) atoms. The maximum Gasteiger partial charge on any atom is 0.0217 e. The molecule has 0 spiro atoms. The molecule has 116 valence electrons. The molecule has 0 saturated carbocycles. The highest BCUT2D eigenvalue weighted by molar-refractivity contribution is 4.72. The molecular formula is C16H37N3. The van der Waals surface area contributed by atoms with Gasteiger partial charge in [0.2, 0.25) is 0 Å². The number of rotatable bonds is 13. The van der Waals surface area contributed by atoms with E-state index in [4.69, 9.17) is 0 Å². The van der Waals surface area contributed by atoms with Crippen molar-refractivity contribution in [1.82, 2.24) is 15.1 Å². The molecule has 3 nitrogen and oxygen atoms in total. The van der Waals surface area contributed by atoms with Gasteiger partial charge in [-0.05, 0) is 58.5 Å². The summed E-state index contributed by atoms with van der Waals surface area (Å²) in [6, 6.07) is 0.702. The van der Waals surface area contributed by atoms with E-state index in [1.807, 2.05) is 0 Å². The predicted octanol–water partition coefficient (Wildman–Crippen LogP) is 2.82. The first-order valence-electron chi connectivity index (χ1n) is 8.40. The number of likely N-dealkylation sites (N-methyl/N-ethyl adjacent to an activating group) is 1. The van der Waals surface area contributed by atoms with Crippen LogP contribution in [-0.4, -0.2) is 61.7 Å². The van der Waals surface area contributed by atoms with Crippen molar-refractivity contribution in [2.45, 2.75) is 59.9 Å². The Morgan fingerprint density at radius 1 is 0.895 bits per heavy atom. The van der Waals surface area contributed by atoms with Crippen LogP contribution < -0.4 is 5.32 Å². The molecule has 0 aliphatic carbocycles. The SMILES string of the molecule is CCCNCC(CC)N(CC)CCCN(CC)CC. The molecule has 0 aromatic carbocycles. The number of hydrogen-bond acceptors (Lipinski definition) is 3. The van der Waals surface area contributed by atoms with Gasteiger partial charge in [-0.1, -0.05) is 34.6 Å². The monoisotopic (exact) mass is 271 g/mol. The molecule has 0 saturated heterocycles. The zero-order valence-corrected chi connectivity index (χ0v) is 14.0. The lowest BCUT2D eigenvalue weighted by Crippen LogP contribution is -2.43. The highest BCUT2D eigenvalue weighted by atomic mass is 15.2. The fourth-order valence-electron chi connectivity index (χ4n) is 2.61. The van der Waals surface area contributed by atoms with E-state index in [1.165, 1.54) is 52.0 Å². The Bertz CT molecular complexity index is 181. The topological polar surface area (TPSA) is 18.5 Å². The van der Waals surface area contributed by atoms with Crippen LogP contribution in [0.15, 0.2) is 0 Å². The summed E-state index contributed by atoms with van der Waals surface area (Å²) in [5.74, 6) is 0. The molecule has 0 aliphatic heterocycles. The van der Waals surface area contributed by atoms with Crippen LogP contribution in [0.5, 0.6) is 0 Å². The zero-order chi connectivity index (χ0) is 14.5. The summed E-state index contributed by atoms with van der Waals surface area (Å²) in [6.07, 6.45) is 3.76. The summed E-state index contributed by atoms with van der Waals surface area (Å²) in [6.45, 7) is 19.6. The molecule has 0 aliphatic rings. The van der Waals surface area contributed by atoms with Gasteiger partial charge in [0.15, 0.2) is 0 Å². The van der Waals surface area contributed by atoms with Crippen molar-refractivity contribution in [3.63, 3.8) is 0 Å². The minimum atomic E-state index is 0.702. The van der Waals surface area contributed by atoms with Crippen LogP contribution in [0.25, 0.3) is 0 Å². The summed E-state index contributed by atoms with van der Waals surface area (Å²) in [5.41, 5.74) is 0. The third kappa shape index (κ3) is 8.61. The largest absolute Gasteiger partial charge is 0.315 e. The van der Waals surface area contributed by atoms with Gasteiger partial charge in [0, 0.05) is 12.6 Å². The molecule has 3 heteroatoms. The van der Waals surface area contributed by atoms with Crippen LogP contribution in [0.3, 0.4) is 0 Å². The quantitative estimate of drug-likeness (QED) is 0.520. The van der Waals surface area contributed by atoms with Crippen LogP contribution in [0.4, 0.5) is 0 Å². The van der Waals surface area contributed by atoms with E-state index < -0.39 is 0 Å². The second-order valence-electron chi connectivity index (χ2n) is 5.28. The van der Waals surface area contributed by atoms with Crippen LogP contribution in [0, 0.1) is 0 Å². The molecule has 0 radical (unpaired) electrons. The minimum Gasteiger partial charge on any atom is -0.315 e. The number of nitrogens with zero attached hydrogens (tertiary/aromatic N) is 2. The third-order valence-electron chi connectivity index (χ3n) is 4.01. The molecular weight excluding hydrogens is 234 g/mol. The average molecular weight is 271 g/mol. The standard InChI is InChI=1S/C16H37N3/c1-6-12-17-15-16(7-2)19(10-5)14-11-13-18(8-3)9-4/h16-17H,6-15H2,1-5H3. The normalized spacial score (nSPS) is 13.4. The molecule has 0 amide bonds. The number of hydrogen-bond donors (Lipinski definition) is 1. The average Bonchev–Trinajstić information content (AvgIpc) is 2.45. The molecule has 0 heterocycles. The molecule has 0 rings (SSSR count). The van der Waals surface area contributed by atoms with Crippen LogP contribution in [-0.2, 0) is 0 Å². The summed E-state index contributed by atoms with van der Waals surface area (Å²) in [5, 5.41) is 3.57. The Hall–Kier alpha value is -0.120. The van der Waals surface area contributed by atoms with Crippen molar-refractivity contribution >= 4 is 0 Å². The Labute approximate surface area is 121 Å². The lowest BCUT2D eigenvalue weighted by Gasteiger charge is -2.31. The Kier molecular flexibility index (Phi) is 12.8. The van der Waals surface area contributed by atoms with Gasteiger partial charge >= 0.3 is 0 Å². The fourth-order valence-corrected chi connectivity index (χ4v) is 2.61. The maximum atomic E-state index is 3.57. The van der Waals surface area contributed by atoms with E-state index >= 15 is 0 Å². The lowest BCUT2D eigenvalue weighted by atomic mass is 10.1. The summed E-state index contributed by atoms with van der Waals surface area (Å²) < 4.78 is 0. The van der Waals surface area contributed by atoms with Gasteiger partial charge in [0.25, 0.3) is 0 Å². The first-order valence-corrected chi connectivity index (χ1v) is 8.40. The van der Waals surface area contributed by atoms with Gasteiger partial charge in [0.05, 0.1) is 0 Å². The predicted molar refractivity (Wildman–Crippen MR) is 86.9 cm³/mol. The molecule has 0 bridgehead atoms. The summed E-state index contributed by atoms with van der Waals surface area (Å²) >= 11 is 0. The third-order valence-corrected chi connectivity index (χ3v) is 4.01. The molecule has 1 N–H and O–H groups in total. The Morgan fingerprint density at radius 3 is 2.05 bits per heavy atom. The highest BCUT2D eigenvalue weighted by Crippen LogP contribution is 2.05. The molecule has 0 fully saturated rings. The van der Waals surface area contributed by atoms with Crippen LogP contribution in [0.1, 0.15) is 53.9 Å². The second kappa shape index (κ2) is 12.9. The van der Waals surface area contributed by atoms with Crippen LogP contribution in [0.2, 0.25) is 0 Å². The van der Waals surface area contributed by atoms with E-state index in [9.17, 15) is 0 Å². The smallest absolute Gasteiger partial charge is 0.0217 e. The Morgan fingerprint density at radius 2 is 1.58 bits per heavy atom. The van der Waals surface area contributed by atoms with Gasteiger partial charge in [0.1, 0.15) is 0 Å². The first-order chi connectivity index (χ1) is 9.23. The van der Waals surface area contributed by atoms with Crippen molar-refractivity contribution in [3.8, 4) is 0 Å². The van der Waals surface area contributed by atoms with E-state index in [0.717, 1.165) is 13.1 Å². The zero-order valence-electron chi connectivity index (χ0n) is 14.0. The number of nitrogens with one attached hydrogen (secondary N) is 1. The second-order valence-corrected chi connectivity index (χ2v) is 5.28. The first kappa shape index (κ1) is 18.9. The maximum absolute atomic E-state index is 3.57. The van der Waals surface area contributed by atoms with Crippen molar-refractivity contribution in [1.29, 1.82) is 0 Å². The van der Waals surface area contributed by atoms with E-state index in [1.54, 1.807) is 0 Å². The molecule has 0 aromatic rings. The van der Waals surface area contributed by atoms with Gasteiger partial charge in [-0.15, -0.1) is 0 Å². The molecule has 1 atom stereocenters. The van der Waals surface area contributed by atoms with Crippen molar-refractivity contribution in [2.75, 3.05) is 45.8 Å². The van der Waals surface area contributed by atoms with Crippen molar-refractivity contribution in [3.05, 3.63) is 0 Å². The van der Waals surface area contributed by atoms with E-state index in [-0.39, 0.29) is 0 Å². The van der Waals surface area contributed by atoms with Gasteiger partial charge in [-0.25, -0.2) is 0 Å². The summed E-state index contributed by atoms with van der Waals surface area (Å²) in [4.78, 5) is 5.16. The molecule has 1 unspecified atom stereocenters. The van der Waals surface area contributed by atoms with E-state index in [2.05, 4.69) is 49.7 Å². The van der Waals surface area contributed by atoms with Crippen LogP contribution >= 0.6 is 0 Å².